The molecule has 6 N–H and O–H groups in total. The molecule has 0 amide bonds. The van der Waals surface area contributed by atoms with Crippen molar-refractivity contribution in [3.05, 3.63) is 213 Å². The number of carbonyl (C=O) groups is 3. The molecule has 0 radical (unpaired) electrons. The molecule has 4 aromatic carbocycles. The molecule has 8 atom stereocenters. The fraction of sp³-hybridized carbons (Fsp3) is 0.395. The molecular weight excluding hydrogens is 1850 g/mol. The summed E-state index contributed by atoms with van der Waals surface area (Å²) in [6.45, 7) is 4.98. The molecule has 7 aromatic heterocycles. The lowest BCUT2D eigenvalue weighted by Crippen LogP contribution is -2.20. The zero-order valence-corrected chi connectivity index (χ0v) is 75.6. The number of nitrogens with two attached hydrogens (primary N) is 1. The smallest absolute Gasteiger partial charge is 0.325 e. The number of hydrogen-bond donors (Lipinski definition) is 5. The SMILES string of the molecule is Cn1nc(CS(C)(=O)=O)c2c(Cl)ccc(-c3ccc(C#CC(C)(C)O)nc3[C@@H](CC(=O)Cn3nc4c(c3Cl)[C@H]3C[C@H]3C4(F)F)Cc3cc(F)cc(F)c3)c21.Cn1nc(CS(C)(=O)=O)c2c(Cl)ccc(-c3ccc(C#CC(C)(C)O)nc3[C@@H](N)Cc3cc(F)cc(F)c3)c21.O=C(O)Cn1nc2c(c1Cl)[C@H]1C[C@H]1C2(F)F.O=C(O)Cn1nc2c(c1Cl)[C@H]1C[C@H]1C21SCCS1. The second-order valence-corrected chi connectivity index (χ2v) is 42.8. The van der Waals surface area contributed by atoms with E-state index in [0.717, 1.165) is 68.9 Å². The quantitative estimate of drug-likeness (QED) is 0.0349. The summed E-state index contributed by atoms with van der Waals surface area (Å²) in [5.41, 5.74) is 11.5. The Labute approximate surface area is 755 Å². The van der Waals surface area contributed by atoms with Gasteiger partial charge in [-0.25, -0.2) is 58.4 Å². The molecule has 0 unspecified atom stereocenters. The minimum absolute atomic E-state index is 0.0286. The molecule has 11 aromatic rings. The normalized spacial score (nSPS) is 19.5. The molecule has 4 fully saturated rings. The Kier molecular flexibility index (Phi) is 25.0. The zero-order chi connectivity index (χ0) is 91.9. The van der Waals surface area contributed by atoms with E-state index in [9.17, 15) is 76.6 Å². The highest BCUT2D eigenvalue weighted by atomic mass is 35.5. The molecule has 1 spiro atoms. The van der Waals surface area contributed by atoms with Crippen molar-refractivity contribution in [2.45, 2.75) is 154 Å². The molecule has 7 aliphatic rings. The van der Waals surface area contributed by atoms with Crippen molar-refractivity contribution in [1.82, 2.24) is 58.9 Å². The molecule has 1 saturated heterocycles. The third kappa shape index (κ3) is 19.1. The van der Waals surface area contributed by atoms with E-state index in [0.29, 0.717) is 101 Å². The number of carboxylic acid groups (broad SMARTS) is 2. The van der Waals surface area contributed by atoms with Crippen molar-refractivity contribution in [2.24, 2.45) is 37.6 Å². The number of carbonyl (C=O) groups excluding carboxylic acids is 1. The molecule has 18 rings (SSSR count). The van der Waals surface area contributed by atoms with E-state index in [-0.39, 0.29) is 103 Å². The Bertz CT molecular complexity index is 6740. The van der Waals surface area contributed by atoms with E-state index in [1.54, 1.807) is 81.2 Å². The topological polar surface area (TPSA) is 341 Å². The van der Waals surface area contributed by atoms with Gasteiger partial charge in [-0.2, -0.15) is 43.1 Å². The zero-order valence-electron chi connectivity index (χ0n) is 68.5. The van der Waals surface area contributed by atoms with Gasteiger partial charge < -0.3 is 26.2 Å². The number of Topliss-reactive ketones (excluding diaryl/α,β-unsaturated/α-hetero) is 1. The number of nitrogens with zero attached hydrogens (tertiary/aromatic N) is 12. The van der Waals surface area contributed by atoms with Crippen LogP contribution < -0.4 is 5.73 Å². The van der Waals surface area contributed by atoms with Crippen LogP contribution in [0, 0.1) is 64.7 Å². The van der Waals surface area contributed by atoms with Crippen LogP contribution in [0.2, 0.25) is 25.5 Å². The maximum Gasteiger partial charge on any atom is 0.325 e. The lowest BCUT2D eigenvalue weighted by molar-refractivity contribution is -0.138. The van der Waals surface area contributed by atoms with Crippen LogP contribution in [0.4, 0.5) is 35.1 Å². The Hall–Kier alpha value is -9.15. The van der Waals surface area contributed by atoms with E-state index in [4.69, 9.17) is 78.9 Å². The first kappa shape index (κ1) is 92.6. The molecule has 24 nitrogen and oxygen atoms in total. The van der Waals surface area contributed by atoms with E-state index < -0.39 is 132 Å². The third-order valence-electron chi connectivity index (χ3n) is 22.5. The second kappa shape index (κ2) is 34.3. The number of ketones is 1. The van der Waals surface area contributed by atoms with Crippen LogP contribution in [0.5, 0.6) is 0 Å². The number of alkyl halides is 4. The first-order valence-corrected chi connectivity index (χ1v) is 47.5. The van der Waals surface area contributed by atoms with Gasteiger partial charge >= 0.3 is 11.9 Å². The van der Waals surface area contributed by atoms with Crippen LogP contribution in [0.1, 0.15) is 162 Å². The van der Waals surface area contributed by atoms with Gasteiger partial charge in [0.15, 0.2) is 25.5 Å². The van der Waals surface area contributed by atoms with Crippen LogP contribution in [0.25, 0.3) is 44.1 Å². The highest BCUT2D eigenvalue weighted by Gasteiger charge is 2.69. The number of aryl methyl sites for hydroxylation is 2. The number of aliphatic carboxylic acids is 2. The molecule has 668 valence electrons. The van der Waals surface area contributed by atoms with Crippen LogP contribution in [-0.2, 0) is 108 Å². The average Bonchev–Trinajstić information content (AvgIpc) is 1.74. The van der Waals surface area contributed by atoms with Gasteiger partial charge in [-0.05, 0) is 167 Å². The van der Waals surface area contributed by atoms with Gasteiger partial charge in [0.1, 0.15) is 96.4 Å². The van der Waals surface area contributed by atoms with Crippen LogP contribution >= 0.6 is 81.5 Å². The van der Waals surface area contributed by atoms with Crippen molar-refractivity contribution in [3.63, 3.8) is 0 Å². The summed E-state index contributed by atoms with van der Waals surface area (Å²) in [4.78, 5) is 44.8. The number of thioether (sulfide) groups is 2. The van der Waals surface area contributed by atoms with E-state index >= 15 is 0 Å². The van der Waals surface area contributed by atoms with Gasteiger partial charge in [0.25, 0.3) is 11.8 Å². The number of benzene rings is 4. The Balaban J connectivity index is 0.000000146. The number of pyridine rings is 2. The van der Waals surface area contributed by atoms with Gasteiger partial charge in [-0.1, -0.05) is 82.0 Å². The number of hydrogen-bond acceptors (Lipinski definition) is 19. The minimum atomic E-state index is -3.53. The largest absolute Gasteiger partial charge is 0.480 e. The Morgan fingerprint density at radius 3 is 1.31 bits per heavy atom. The van der Waals surface area contributed by atoms with Gasteiger partial charge in [-0.15, -0.1) is 23.5 Å². The lowest BCUT2D eigenvalue weighted by Gasteiger charge is -2.22. The number of halogens is 13. The van der Waals surface area contributed by atoms with Gasteiger partial charge in [0.05, 0.1) is 67.1 Å². The molecule has 41 heteroatoms. The molecule has 127 heavy (non-hydrogen) atoms. The molecule has 1 aliphatic heterocycles. The van der Waals surface area contributed by atoms with Crippen molar-refractivity contribution in [1.29, 1.82) is 0 Å². The summed E-state index contributed by atoms with van der Waals surface area (Å²) >= 11 is 35.8. The van der Waals surface area contributed by atoms with Gasteiger partial charge in [0, 0.05) is 124 Å². The number of fused-ring (bicyclic) bond motifs is 13. The van der Waals surface area contributed by atoms with E-state index in [2.05, 4.69) is 54.2 Å². The summed E-state index contributed by atoms with van der Waals surface area (Å²) < 4.78 is 169. The van der Waals surface area contributed by atoms with Crippen molar-refractivity contribution < 1.29 is 86.8 Å². The molecule has 8 heterocycles. The van der Waals surface area contributed by atoms with E-state index in [1.165, 1.54) is 41.8 Å². The second-order valence-electron chi connectivity index (χ2n) is 33.7. The summed E-state index contributed by atoms with van der Waals surface area (Å²) in [5.74, 6) is -0.902. The Morgan fingerprint density at radius 1 is 0.535 bits per heavy atom. The molecule has 6 aliphatic carbocycles. The fourth-order valence-corrected chi connectivity index (χ4v) is 23.8. The van der Waals surface area contributed by atoms with Crippen molar-refractivity contribution >= 4 is 141 Å². The maximum absolute atomic E-state index is 14.9. The Morgan fingerprint density at radius 2 is 0.906 bits per heavy atom. The van der Waals surface area contributed by atoms with Gasteiger partial charge in [0.2, 0.25) is 0 Å². The van der Waals surface area contributed by atoms with Crippen LogP contribution in [0.3, 0.4) is 0 Å². The summed E-state index contributed by atoms with van der Waals surface area (Å²) in [6.07, 6.45) is 3.76. The van der Waals surface area contributed by atoms with E-state index in [1.807, 2.05) is 23.5 Å². The standard InChI is InChI=1S/C38H33Cl2F4N5O4S.C28H27ClF2N4O3S.C11H11ClN2O2S2.C9H7ClF2N2O2/c1-37(2,51)10-9-23-5-6-25(26-7-8-29(39)32-30(18-54(4,52)53)46-48(3)34(26)32)33(45-23)20(11-19-12-21(41)15-22(42)13-19)14-24(50)17-49-36(40)31-27-16-28(27)38(43,44)35(31)47-49;1-28(2,36)10-9-19-5-6-20(26(33-19)23(32)13-16-11-17(30)14-18(31)12-16)21-7-8-22(29)25-24(15-39(4,37)38)34-35(3)27(21)25;12-10-8-5-3-6(5)11(17-1-2-18-11)9(8)13-14(10)4-7(15)16;10-8-6-3-1-4(3)9(11,12)7(6)13-14(8)2-5(15)16/h5-8,12-13,15,20,27-28,51H,11,14,16-18H2,1-4H3;5-8,11-12,14,23,36H,13,15,32H2,1-4H3;5-6H,1-4H2,(H,15,16);3-4H,1-2H2,(H,15,16)/t20-,27+,28-;23-;5-,6+;3-,4+/m1000/s1. The first-order valence-electron chi connectivity index (χ1n) is 39.5. The number of aromatic nitrogens is 12. The maximum atomic E-state index is 14.9. The molecular formula is C86H78Cl5F8N13O11S4. The summed E-state index contributed by atoms with van der Waals surface area (Å²) in [5, 5.41) is 60.9. The average molecular weight is 1930 g/mol. The fourth-order valence-electron chi connectivity index (χ4n) is 17.2. The minimum Gasteiger partial charge on any atom is -0.480 e. The highest BCUT2D eigenvalue weighted by Crippen LogP contribution is 2.76. The predicted molar refractivity (Wildman–Crippen MR) is 465 cm³/mol. The first-order chi connectivity index (χ1) is 59.4. The van der Waals surface area contributed by atoms with Gasteiger partial charge in [-0.3, -0.25) is 23.7 Å². The van der Waals surface area contributed by atoms with Crippen LogP contribution in [-0.4, -0.2) is 149 Å². The monoisotopic (exact) mass is 1920 g/mol. The molecule has 3 saturated carbocycles. The van der Waals surface area contributed by atoms with Crippen LogP contribution in [0.15, 0.2) is 84.9 Å². The lowest BCUT2D eigenvalue weighted by atomic mass is 9.86. The van der Waals surface area contributed by atoms with Crippen molar-refractivity contribution in [3.8, 4) is 45.9 Å². The summed E-state index contributed by atoms with van der Waals surface area (Å²) in [7, 11) is -3.62. The predicted octanol–water partition coefficient (Wildman–Crippen LogP) is 16.0. The highest BCUT2D eigenvalue weighted by molar-refractivity contribution is 8.20. The third-order valence-corrected chi connectivity index (χ3v) is 29.5. The number of carboxylic acids is 2. The summed E-state index contributed by atoms with van der Waals surface area (Å²) in [6, 6.07) is 18.8. The number of aliphatic hydroxyl groups is 2. The number of rotatable bonds is 20. The number of sulfone groups is 2. The van der Waals surface area contributed by atoms with Crippen molar-refractivity contribution in [2.75, 3.05) is 24.0 Å². The molecule has 0 bridgehead atoms.